The molecule has 2 rings (SSSR count). The molecule has 0 aliphatic heterocycles. The van der Waals surface area contributed by atoms with Crippen LogP contribution in [-0.4, -0.2) is 15.0 Å². The minimum absolute atomic E-state index is 0.380. The van der Waals surface area contributed by atoms with Gasteiger partial charge in [-0.2, -0.15) is 4.98 Å². The number of nitrogen functional groups attached to an aromatic ring is 1. The Hall–Kier alpha value is -1.01. The number of hydrogen-bond acceptors (Lipinski definition) is 5. The van der Waals surface area contributed by atoms with Gasteiger partial charge in [0.1, 0.15) is 10.5 Å². The molecule has 0 fully saturated rings. The fourth-order valence-electron chi connectivity index (χ4n) is 0.963. The Morgan fingerprint density at radius 2 is 2.25 bits per heavy atom. The number of aromatic nitrogens is 3. The van der Waals surface area contributed by atoms with Gasteiger partial charge >= 0.3 is 0 Å². The second-order valence-corrected chi connectivity index (χ2v) is 3.93. The third-order valence-corrected chi connectivity index (χ3v) is 2.60. The van der Waals surface area contributed by atoms with Gasteiger partial charge in [0.15, 0.2) is 10.4 Å². The standard InChI is InChI=1S/C6H6N4S2/c1-2-8-5-3(12-2)4(7)9-6(11)10-5/h1H3,(H3,7,9,10,11). The number of nitrogens with zero attached hydrogens (tertiary/aromatic N) is 2. The molecule has 0 atom stereocenters. The molecule has 0 aliphatic rings. The number of fused-ring (bicyclic) bond motifs is 1. The quantitative estimate of drug-likeness (QED) is 0.631. The number of nitrogens with one attached hydrogen (secondary N) is 1. The summed E-state index contributed by atoms with van der Waals surface area (Å²) in [4.78, 5) is 11.0. The lowest BCUT2D eigenvalue weighted by Gasteiger charge is -1.92. The molecule has 0 saturated heterocycles. The molecule has 0 aliphatic carbocycles. The van der Waals surface area contributed by atoms with Crippen LogP contribution in [0.1, 0.15) is 5.01 Å². The lowest BCUT2D eigenvalue weighted by Crippen LogP contribution is -1.92. The number of thiazole rings is 1. The highest BCUT2D eigenvalue weighted by molar-refractivity contribution is 7.71. The highest BCUT2D eigenvalue weighted by Gasteiger charge is 2.04. The van der Waals surface area contributed by atoms with Crippen molar-refractivity contribution < 1.29 is 0 Å². The van der Waals surface area contributed by atoms with Crippen molar-refractivity contribution in [3.63, 3.8) is 0 Å². The van der Waals surface area contributed by atoms with E-state index in [4.69, 9.17) is 18.0 Å². The topological polar surface area (TPSA) is 67.6 Å². The van der Waals surface area contributed by atoms with E-state index in [1.54, 1.807) is 0 Å². The van der Waals surface area contributed by atoms with Crippen LogP contribution in [0.4, 0.5) is 5.82 Å². The Bertz CT molecular complexity index is 484. The Morgan fingerprint density at radius 3 is 3.00 bits per heavy atom. The van der Waals surface area contributed by atoms with Crippen LogP contribution < -0.4 is 5.73 Å². The van der Waals surface area contributed by atoms with E-state index < -0.39 is 0 Å². The smallest absolute Gasteiger partial charge is 0.200 e. The maximum absolute atomic E-state index is 5.68. The molecule has 4 nitrogen and oxygen atoms in total. The van der Waals surface area contributed by atoms with E-state index in [0.29, 0.717) is 16.2 Å². The zero-order chi connectivity index (χ0) is 8.72. The highest BCUT2D eigenvalue weighted by atomic mass is 32.1. The summed E-state index contributed by atoms with van der Waals surface area (Å²) in [6.07, 6.45) is 0. The van der Waals surface area contributed by atoms with Crippen LogP contribution in [0.2, 0.25) is 0 Å². The summed E-state index contributed by atoms with van der Waals surface area (Å²) in [6, 6.07) is 0. The molecular formula is C6H6N4S2. The average molecular weight is 198 g/mol. The molecule has 0 spiro atoms. The van der Waals surface area contributed by atoms with Crippen LogP contribution in [0.3, 0.4) is 0 Å². The van der Waals surface area contributed by atoms with Gasteiger partial charge in [0.2, 0.25) is 0 Å². The lowest BCUT2D eigenvalue weighted by molar-refractivity contribution is 1.16. The molecule has 0 unspecified atom stereocenters. The van der Waals surface area contributed by atoms with Gasteiger partial charge in [-0.1, -0.05) is 0 Å². The van der Waals surface area contributed by atoms with Gasteiger partial charge in [0, 0.05) is 0 Å². The van der Waals surface area contributed by atoms with Crippen LogP contribution in [-0.2, 0) is 0 Å². The van der Waals surface area contributed by atoms with E-state index in [1.807, 2.05) is 6.92 Å². The van der Waals surface area contributed by atoms with Gasteiger partial charge in [-0.15, -0.1) is 11.3 Å². The lowest BCUT2D eigenvalue weighted by atomic mass is 10.6. The third kappa shape index (κ3) is 1.09. The Kier molecular flexibility index (Phi) is 1.59. The number of aryl methyl sites for hydroxylation is 1. The monoisotopic (exact) mass is 198 g/mol. The Morgan fingerprint density at radius 1 is 1.50 bits per heavy atom. The molecule has 0 radical (unpaired) electrons. The van der Waals surface area contributed by atoms with Gasteiger partial charge in [-0.05, 0) is 19.1 Å². The van der Waals surface area contributed by atoms with E-state index in [1.165, 1.54) is 11.3 Å². The first-order valence-corrected chi connectivity index (χ1v) is 4.52. The highest BCUT2D eigenvalue weighted by Crippen LogP contribution is 2.23. The predicted octanol–water partition coefficient (Wildman–Crippen LogP) is 1.64. The number of aromatic amines is 1. The van der Waals surface area contributed by atoms with Crippen molar-refractivity contribution in [2.75, 3.05) is 5.73 Å². The zero-order valence-corrected chi connectivity index (χ0v) is 7.92. The molecule has 0 amide bonds. The van der Waals surface area contributed by atoms with E-state index >= 15 is 0 Å². The first-order chi connectivity index (χ1) is 5.66. The fourth-order valence-corrected chi connectivity index (χ4v) is 1.93. The molecule has 2 aromatic heterocycles. The van der Waals surface area contributed by atoms with Crippen LogP contribution >= 0.6 is 23.6 Å². The summed E-state index contributed by atoms with van der Waals surface area (Å²) < 4.78 is 1.26. The van der Waals surface area contributed by atoms with E-state index in [-0.39, 0.29) is 0 Å². The largest absolute Gasteiger partial charge is 0.384 e. The van der Waals surface area contributed by atoms with Crippen molar-refractivity contribution in [1.29, 1.82) is 0 Å². The van der Waals surface area contributed by atoms with Gasteiger partial charge in [0.25, 0.3) is 0 Å². The molecule has 2 heterocycles. The Balaban J connectivity index is 2.97. The van der Waals surface area contributed by atoms with E-state index in [9.17, 15) is 0 Å². The van der Waals surface area contributed by atoms with Crippen LogP contribution in [0.5, 0.6) is 0 Å². The van der Waals surface area contributed by atoms with Crippen molar-refractivity contribution in [1.82, 2.24) is 15.0 Å². The fraction of sp³-hybridized carbons (Fsp3) is 0.167. The van der Waals surface area contributed by atoms with Crippen molar-refractivity contribution in [3.8, 4) is 0 Å². The summed E-state index contributed by atoms with van der Waals surface area (Å²) >= 11 is 6.37. The first kappa shape index (κ1) is 7.63. The van der Waals surface area contributed by atoms with Crippen molar-refractivity contribution >= 4 is 39.7 Å². The molecule has 3 N–H and O–H groups in total. The summed E-state index contributed by atoms with van der Waals surface area (Å²) in [5, 5.41) is 0.943. The molecule has 6 heteroatoms. The van der Waals surface area contributed by atoms with Gasteiger partial charge in [0.05, 0.1) is 5.01 Å². The third-order valence-electron chi connectivity index (χ3n) is 1.41. The number of rotatable bonds is 0. The number of hydrogen-bond donors (Lipinski definition) is 2. The molecule has 0 bridgehead atoms. The van der Waals surface area contributed by atoms with Crippen LogP contribution in [0.25, 0.3) is 10.3 Å². The summed E-state index contributed by atoms with van der Waals surface area (Å²) in [7, 11) is 0. The van der Waals surface area contributed by atoms with E-state index in [0.717, 1.165) is 9.71 Å². The average Bonchev–Trinajstić information content (AvgIpc) is 2.29. The summed E-state index contributed by atoms with van der Waals surface area (Å²) in [5.74, 6) is 0.551. The second-order valence-electron chi connectivity index (χ2n) is 2.34. The van der Waals surface area contributed by atoms with Crippen molar-refractivity contribution in [2.24, 2.45) is 0 Å². The second kappa shape index (κ2) is 2.49. The predicted molar refractivity (Wildman–Crippen MR) is 51.7 cm³/mol. The Labute approximate surface area is 77.5 Å². The maximum atomic E-state index is 5.68. The molecule has 12 heavy (non-hydrogen) atoms. The summed E-state index contributed by atoms with van der Waals surface area (Å²) in [6.45, 7) is 1.91. The van der Waals surface area contributed by atoms with Crippen molar-refractivity contribution in [2.45, 2.75) is 6.92 Å². The minimum atomic E-state index is 0.380. The van der Waals surface area contributed by atoms with Gasteiger partial charge in [-0.3, -0.25) is 0 Å². The normalized spacial score (nSPS) is 10.8. The molecule has 2 aromatic rings. The number of anilines is 1. The number of H-pyrrole nitrogens is 1. The van der Waals surface area contributed by atoms with Crippen LogP contribution in [0, 0.1) is 11.7 Å². The van der Waals surface area contributed by atoms with Gasteiger partial charge < -0.3 is 10.7 Å². The molecular weight excluding hydrogens is 192 g/mol. The maximum Gasteiger partial charge on any atom is 0.200 e. The van der Waals surface area contributed by atoms with Gasteiger partial charge in [-0.25, -0.2) is 4.98 Å². The molecule has 0 saturated carbocycles. The van der Waals surface area contributed by atoms with E-state index in [2.05, 4.69) is 15.0 Å². The number of nitrogens with two attached hydrogens (primary N) is 1. The molecule has 62 valence electrons. The summed E-state index contributed by atoms with van der Waals surface area (Å²) in [5.41, 5.74) is 6.32. The zero-order valence-electron chi connectivity index (χ0n) is 6.29. The SMILES string of the molecule is Cc1nc2nc(=S)[nH]c(N)c2s1. The van der Waals surface area contributed by atoms with Crippen molar-refractivity contribution in [3.05, 3.63) is 9.78 Å². The van der Waals surface area contributed by atoms with Crippen LogP contribution in [0.15, 0.2) is 0 Å². The molecule has 0 aromatic carbocycles. The first-order valence-electron chi connectivity index (χ1n) is 3.30. The minimum Gasteiger partial charge on any atom is -0.384 e.